The molecule has 4 heteroatoms. The van der Waals surface area contributed by atoms with Gasteiger partial charge in [0.05, 0.1) is 12.7 Å². The van der Waals surface area contributed by atoms with Crippen LogP contribution in [0.1, 0.15) is 42.5 Å². The van der Waals surface area contributed by atoms with Gasteiger partial charge in [0.25, 0.3) is 0 Å². The highest BCUT2D eigenvalue weighted by Crippen LogP contribution is 2.29. The smallest absolute Gasteiger partial charge is 0.168 e. The van der Waals surface area contributed by atoms with Crippen molar-refractivity contribution in [1.29, 1.82) is 0 Å². The number of hydrogen-bond acceptors (Lipinski definition) is 2. The lowest BCUT2D eigenvalue weighted by atomic mass is 9.84. The van der Waals surface area contributed by atoms with Crippen molar-refractivity contribution in [2.75, 3.05) is 7.11 Å². The van der Waals surface area contributed by atoms with E-state index in [1.807, 2.05) is 0 Å². The van der Waals surface area contributed by atoms with Crippen LogP contribution in [0.4, 0.5) is 8.78 Å². The van der Waals surface area contributed by atoms with Crippen molar-refractivity contribution in [3.63, 3.8) is 0 Å². The van der Waals surface area contributed by atoms with Crippen LogP contribution in [0.25, 0.3) is 0 Å². The van der Waals surface area contributed by atoms with Crippen LogP contribution >= 0.6 is 0 Å². The summed E-state index contributed by atoms with van der Waals surface area (Å²) in [6.07, 6.45) is 4.62. The second-order valence-electron chi connectivity index (χ2n) is 4.67. The molecule has 0 amide bonds. The van der Waals surface area contributed by atoms with Crippen LogP contribution in [-0.4, -0.2) is 12.9 Å². The first-order valence-corrected chi connectivity index (χ1v) is 6.20. The van der Waals surface area contributed by atoms with Crippen LogP contribution in [0.3, 0.4) is 0 Å². The van der Waals surface area contributed by atoms with Crippen molar-refractivity contribution in [3.05, 3.63) is 29.3 Å². The summed E-state index contributed by atoms with van der Waals surface area (Å²) in [5, 5.41) is 0. The summed E-state index contributed by atoms with van der Waals surface area (Å²) in [4.78, 5) is 12.1. The normalized spacial score (nSPS) is 16.6. The standard InChI is InChI=1S/C14H16F2O2/c1-18-13-8-11(15)10(7-12(13)16)14(17)9-5-3-2-4-6-9/h7-9H,2-6H2,1H3. The van der Waals surface area contributed by atoms with E-state index in [9.17, 15) is 13.6 Å². The third-order valence-electron chi connectivity index (χ3n) is 3.48. The lowest BCUT2D eigenvalue weighted by Gasteiger charge is -2.20. The Labute approximate surface area is 105 Å². The molecule has 2 rings (SSSR count). The summed E-state index contributed by atoms with van der Waals surface area (Å²) in [6, 6.07) is 1.89. The molecule has 1 saturated carbocycles. The van der Waals surface area contributed by atoms with E-state index in [-0.39, 0.29) is 23.0 Å². The van der Waals surface area contributed by atoms with Crippen molar-refractivity contribution in [1.82, 2.24) is 0 Å². The van der Waals surface area contributed by atoms with E-state index in [0.29, 0.717) is 0 Å². The van der Waals surface area contributed by atoms with Gasteiger partial charge in [-0.3, -0.25) is 4.79 Å². The first kappa shape index (κ1) is 13.0. The SMILES string of the molecule is COc1cc(F)c(C(=O)C2CCCCC2)cc1F. The number of benzene rings is 1. The van der Waals surface area contributed by atoms with Gasteiger partial charge in [-0.05, 0) is 18.9 Å². The van der Waals surface area contributed by atoms with Crippen molar-refractivity contribution in [2.24, 2.45) is 5.92 Å². The largest absolute Gasteiger partial charge is 0.494 e. The van der Waals surface area contributed by atoms with Gasteiger partial charge in [-0.2, -0.15) is 0 Å². The van der Waals surface area contributed by atoms with Crippen molar-refractivity contribution in [3.8, 4) is 5.75 Å². The highest BCUT2D eigenvalue weighted by atomic mass is 19.1. The number of rotatable bonds is 3. The average molecular weight is 254 g/mol. The molecule has 98 valence electrons. The summed E-state index contributed by atoms with van der Waals surface area (Å²) >= 11 is 0. The first-order chi connectivity index (χ1) is 8.63. The summed E-state index contributed by atoms with van der Waals surface area (Å²) in [5.41, 5.74) is -0.153. The number of Topliss-reactive ketones (excluding diaryl/α,β-unsaturated/α-hetero) is 1. The van der Waals surface area contributed by atoms with E-state index >= 15 is 0 Å². The molecular formula is C14H16F2O2. The van der Waals surface area contributed by atoms with Crippen LogP contribution < -0.4 is 4.74 Å². The molecule has 0 bridgehead atoms. The third kappa shape index (κ3) is 2.52. The highest BCUT2D eigenvalue weighted by molar-refractivity contribution is 5.98. The Morgan fingerprint density at radius 2 is 1.83 bits per heavy atom. The Morgan fingerprint density at radius 3 is 2.44 bits per heavy atom. The predicted octanol–water partition coefficient (Wildman–Crippen LogP) is 3.74. The topological polar surface area (TPSA) is 26.3 Å². The zero-order valence-electron chi connectivity index (χ0n) is 10.3. The van der Waals surface area contributed by atoms with Crippen LogP contribution in [-0.2, 0) is 0 Å². The molecule has 1 aliphatic rings. The van der Waals surface area contributed by atoms with Gasteiger partial charge < -0.3 is 4.74 Å². The van der Waals surface area contributed by atoms with Gasteiger partial charge in [0.2, 0.25) is 0 Å². The molecule has 2 nitrogen and oxygen atoms in total. The maximum atomic E-state index is 13.8. The van der Waals surface area contributed by atoms with E-state index in [1.54, 1.807) is 0 Å². The molecule has 1 aromatic rings. The Balaban J connectivity index is 2.27. The molecule has 1 aromatic carbocycles. The predicted molar refractivity (Wildman–Crippen MR) is 63.8 cm³/mol. The molecule has 1 fully saturated rings. The number of carbonyl (C=O) groups is 1. The van der Waals surface area contributed by atoms with Crippen LogP contribution in [0.15, 0.2) is 12.1 Å². The van der Waals surface area contributed by atoms with E-state index in [0.717, 1.165) is 44.2 Å². The number of ether oxygens (including phenoxy) is 1. The minimum Gasteiger partial charge on any atom is -0.494 e. The van der Waals surface area contributed by atoms with E-state index in [4.69, 9.17) is 0 Å². The van der Waals surface area contributed by atoms with Gasteiger partial charge in [0.1, 0.15) is 5.82 Å². The summed E-state index contributed by atoms with van der Waals surface area (Å²) in [5.74, 6) is -2.02. The lowest BCUT2D eigenvalue weighted by Crippen LogP contribution is -2.19. The number of methoxy groups -OCH3 is 1. The fourth-order valence-electron chi connectivity index (χ4n) is 2.46. The molecule has 0 radical (unpaired) electrons. The molecule has 0 atom stereocenters. The molecule has 18 heavy (non-hydrogen) atoms. The minimum absolute atomic E-state index is 0.153. The monoisotopic (exact) mass is 254 g/mol. The van der Waals surface area contributed by atoms with Gasteiger partial charge >= 0.3 is 0 Å². The molecule has 0 aromatic heterocycles. The maximum Gasteiger partial charge on any atom is 0.168 e. The molecule has 0 heterocycles. The molecule has 0 N–H and O–H groups in total. The Bertz CT molecular complexity index is 451. The molecule has 1 aliphatic carbocycles. The molecule has 0 aliphatic heterocycles. The van der Waals surface area contributed by atoms with E-state index in [2.05, 4.69) is 4.74 Å². The fourth-order valence-corrected chi connectivity index (χ4v) is 2.46. The molecule has 0 unspecified atom stereocenters. The highest BCUT2D eigenvalue weighted by Gasteiger charge is 2.25. The van der Waals surface area contributed by atoms with E-state index in [1.165, 1.54) is 7.11 Å². The van der Waals surface area contributed by atoms with Gasteiger partial charge in [-0.15, -0.1) is 0 Å². The number of ketones is 1. The lowest BCUT2D eigenvalue weighted by molar-refractivity contribution is 0.0884. The van der Waals surface area contributed by atoms with Gasteiger partial charge in [0.15, 0.2) is 17.3 Å². The van der Waals surface area contributed by atoms with Crippen LogP contribution in [0.5, 0.6) is 5.75 Å². The van der Waals surface area contributed by atoms with E-state index < -0.39 is 11.6 Å². The average Bonchev–Trinajstić information content (AvgIpc) is 2.41. The fraction of sp³-hybridized carbons (Fsp3) is 0.500. The Hall–Kier alpha value is -1.45. The van der Waals surface area contributed by atoms with Crippen LogP contribution in [0, 0.1) is 17.6 Å². The summed E-state index contributed by atoms with van der Waals surface area (Å²) < 4.78 is 31.9. The second-order valence-corrected chi connectivity index (χ2v) is 4.67. The number of hydrogen-bond donors (Lipinski definition) is 0. The van der Waals surface area contributed by atoms with Crippen LogP contribution in [0.2, 0.25) is 0 Å². The second kappa shape index (κ2) is 5.46. The number of halogens is 2. The summed E-state index contributed by atoms with van der Waals surface area (Å²) in [6.45, 7) is 0. The minimum atomic E-state index is -0.705. The quantitative estimate of drug-likeness (QED) is 0.768. The van der Waals surface area contributed by atoms with Crippen molar-refractivity contribution in [2.45, 2.75) is 32.1 Å². The third-order valence-corrected chi connectivity index (χ3v) is 3.48. The van der Waals surface area contributed by atoms with Crippen molar-refractivity contribution >= 4 is 5.78 Å². The molecule has 0 saturated heterocycles. The Kier molecular flexibility index (Phi) is 3.94. The summed E-state index contributed by atoms with van der Waals surface area (Å²) in [7, 11) is 1.26. The number of carbonyl (C=O) groups excluding carboxylic acids is 1. The van der Waals surface area contributed by atoms with Gasteiger partial charge in [0, 0.05) is 12.0 Å². The first-order valence-electron chi connectivity index (χ1n) is 6.20. The van der Waals surface area contributed by atoms with Gasteiger partial charge in [-0.25, -0.2) is 8.78 Å². The maximum absolute atomic E-state index is 13.8. The zero-order chi connectivity index (χ0) is 13.1. The zero-order valence-corrected chi connectivity index (χ0v) is 10.3. The van der Waals surface area contributed by atoms with Crippen molar-refractivity contribution < 1.29 is 18.3 Å². The molecule has 0 spiro atoms. The molecular weight excluding hydrogens is 238 g/mol. The Morgan fingerprint density at radius 1 is 1.17 bits per heavy atom. The van der Waals surface area contributed by atoms with Gasteiger partial charge in [-0.1, -0.05) is 19.3 Å².